The number of anilines is 1. The number of amides is 3. The normalized spacial score (nSPS) is 20.5. The van der Waals surface area contributed by atoms with Crippen LogP contribution in [0.5, 0.6) is 5.75 Å². The molecular formula is C17H23N3O3. The van der Waals surface area contributed by atoms with Crippen LogP contribution in [0.2, 0.25) is 0 Å². The standard InChI is InChI=1S/C17H23N3O3/c1-11-3-6-14(23-2)8-15(11)19-17(22)18-9-12-7-16(21)20(10-12)13-4-5-13/h3,6,8,12-13H,4-5,7,9-10H2,1-2H3,(H2,18,19,22)/t12-/m0/s1. The van der Waals surface area contributed by atoms with Gasteiger partial charge in [-0.3, -0.25) is 4.79 Å². The van der Waals surface area contributed by atoms with Crippen LogP contribution in [0.3, 0.4) is 0 Å². The Labute approximate surface area is 136 Å². The molecule has 1 aromatic carbocycles. The lowest BCUT2D eigenvalue weighted by Crippen LogP contribution is -2.34. The van der Waals surface area contributed by atoms with Crippen molar-refractivity contribution < 1.29 is 14.3 Å². The third-order valence-corrected chi connectivity index (χ3v) is 4.47. The highest BCUT2D eigenvalue weighted by molar-refractivity contribution is 5.90. The molecule has 0 spiro atoms. The van der Waals surface area contributed by atoms with Crippen LogP contribution in [-0.4, -0.2) is 43.1 Å². The second kappa shape index (κ2) is 6.48. The van der Waals surface area contributed by atoms with E-state index >= 15 is 0 Å². The number of rotatable bonds is 5. The van der Waals surface area contributed by atoms with E-state index in [9.17, 15) is 9.59 Å². The zero-order valence-electron chi connectivity index (χ0n) is 13.6. The second-order valence-corrected chi connectivity index (χ2v) is 6.36. The topological polar surface area (TPSA) is 70.7 Å². The van der Waals surface area contributed by atoms with Gasteiger partial charge >= 0.3 is 6.03 Å². The van der Waals surface area contributed by atoms with Crippen molar-refractivity contribution in [3.8, 4) is 5.75 Å². The van der Waals surface area contributed by atoms with Gasteiger partial charge in [0.25, 0.3) is 0 Å². The number of benzene rings is 1. The maximum Gasteiger partial charge on any atom is 0.319 e. The largest absolute Gasteiger partial charge is 0.497 e. The van der Waals surface area contributed by atoms with Gasteiger partial charge < -0.3 is 20.3 Å². The van der Waals surface area contributed by atoms with Crippen LogP contribution in [0.15, 0.2) is 18.2 Å². The highest BCUT2D eigenvalue weighted by Gasteiger charge is 2.39. The number of ether oxygens (including phenoxy) is 1. The SMILES string of the molecule is COc1ccc(C)c(NC(=O)NC[C@@H]2CC(=O)N(C3CC3)C2)c1. The van der Waals surface area contributed by atoms with E-state index < -0.39 is 0 Å². The molecule has 124 valence electrons. The van der Waals surface area contributed by atoms with E-state index in [1.54, 1.807) is 13.2 Å². The predicted octanol–water partition coefficient (Wildman–Crippen LogP) is 2.14. The number of hydrogen-bond acceptors (Lipinski definition) is 3. The molecule has 0 aromatic heterocycles. The van der Waals surface area contributed by atoms with Crippen molar-refractivity contribution >= 4 is 17.6 Å². The molecule has 1 saturated heterocycles. The van der Waals surface area contributed by atoms with Gasteiger partial charge in [0.05, 0.1) is 7.11 Å². The van der Waals surface area contributed by atoms with Crippen LogP contribution >= 0.6 is 0 Å². The summed E-state index contributed by atoms with van der Waals surface area (Å²) in [6.45, 7) is 3.21. The maximum absolute atomic E-state index is 12.1. The van der Waals surface area contributed by atoms with E-state index in [2.05, 4.69) is 10.6 Å². The summed E-state index contributed by atoms with van der Waals surface area (Å²) in [6, 6.07) is 5.76. The summed E-state index contributed by atoms with van der Waals surface area (Å²) in [7, 11) is 1.59. The molecule has 0 unspecified atom stereocenters. The zero-order chi connectivity index (χ0) is 16.4. The van der Waals surface area contributed by atoms with Crippen molar-refractivity contribution in [2.75, 3.05) is 25.5 Å². The highest BCUT2D eigenvalue weighted by atomic mass is 16.5. The Morgan fingerprint density at radius 2 is 2.17 bits per heavy atom. The number of nitrogens with one attached hydrogen (secondary N) is 2. The van der Waals surface area contributed by atoms with Crippen molar-refractivity contribution in [3.05, 3.63) is 23.8 Å². The smallest absolute Gasteiger partial charge is 0.319 e. The van der Waals surface area contributed by atoms with E-state index in [1.807, 2.05) is 24.0 Å². The van der Waals surface area contributed by atoms with Gasteiger partial charge in [-0.25, -0.2) is 4.79 Å². The number of likely N-dealkylation sites (tertiary alicyclic amines) is 1. The maximum atomic E-state index is 12.1. The predicted molar refractivity (Wildman–Crippen MR) is 87.6 cm³/mol. The van der Waals surface area contributed by atoms with Crippen molar-refractivity contribution in [1.29, 1.82) is 0 Å². The van der Waals surface area contributed by atoms with E-state index in [0.717, 1.165) is 30.6 Å². The van der Waals surface area contributed by atoms with Crippen LogP contribution < -0.4 is 15.4 Å². The fourth-order valence-corrected chi connectivity index (χ4v) is 2.95. The lowest BCUT2D eigenvalue weighted by molar-refractivity contribution is -0.128. The van der Waals surface area contributed by atoms with Gasteiger partial charge in [-0.05, 0) is 31.4 Å². The molecule has 1 aliphatic heterocycles. The monoisotopic (exact) mass is 317 g/mol. The van der Waals surface area contributed by atoms with Gasteiger partial charge in [-0.15, -0.1) is 0 Å². The van der Waals surface area contributed by atoms with Crippen LogP contribution in [0.1, 0.15) is 24.8 Å². The molecule has 1 saturated carbocycles. The summed E-state index contributed by atoms with van der Waals surface area (Å²) in [5.74, 6) is 1.14. The molecule has 2 N–H and O–H groups in total. The summed E-state index contributed by atoms with van der Waals surface area (Å²) in [5.41, 5.74) is 1.70. The van der Waals surface area contributed by atoms with Gasteiger partial charge in [0.1, 0.15) is 5.75 Å². The van der Waals surface area contributed by atoms with Gasteiger partial charge in [-0.1, -0.05) is 6.07 Å². The lowest BCUT2D eigenvalue weighted by atomic mass is 10.1. The number of hydrogen-bond donors (Lipinski definition) is 2. The fraction of sp³-hybridized carbons (Fsp3) is 0.529. The number of urea groups is 1. The average Bonchev–Trinajstić information content (AvgIpc) is 3.31. The Morgan fingerprint density at radius 3 is 2.87 bits per heavy atom. The molecule has 1 atom stereocenters. The quantitative estimate of drug-likeness (QED) is 0.874. The van der Waals surface area contributed by atoms with Gasteiger partial charge in [0.15, 0.2) is 0 Å². The second-order valence-electron chi connectivity index (χ2n) is 6.36. The molecule has 1 aromatic rings. The number of carbonyl (C=O) groups excluding carboxylic acids is 2. The molecule has 6 heteroatoms. The number of carbonyl (C=O) groups is 2. The molecule has 6 nitrogen and oxygen atoms in total. The first kappa shape index (κ1) is 15.6. The Morgan fingerprint density at radius 1 is 1.39 bits per heavy atom. The first-order chi connectivity index (χ1) is 11.1. The van der Waals surface area contributed by atoms with E-state index in [4.69, 9.17) is 4.74 Å². The van der Waals surface area contributed by atoms with E-state index in [0.29, 0.717) is 24.8 Å². The molecule has 2 fully saturated rings. The summed E-state index contributed by atoms with van der Waals surface area (Å²) < 4.78 is 5.17. The van der Waals surface area contributed by atoms with Crippen LogP contribution in [0, 0.1) is 12.8 Å². The van der Waals surface area contributed by atoms with E-state index in [1.165, 1.54) is 0 Å². The van der Waals surface area contributed by atoms with Crippen LogP contribution in [-0.2, 0) is 4.79 Å². The summed E-state index contributed by atoms with van der Waals surface area (Å²) in [6.07, 6.45) is 2.79. The van der Waals surface area contributed by atoms with Crippen molar-refractivity contribution in [3.63, 3.8) is 0 Å². The fourth-order valence-electron chi connectivity index (χ4n) is 2.95. The molecule has 2 aliphatic rings. The molecule has 0 bridgehead atoms. The molecule has 1 heterocycles. The summed E-state index contributed by atoms with van der Waals surface area (Å²) >= 11 is 0. The minimum absolute atomic E-state index is 0.209. The Hall–Kier alpha value is -2.24. The van der Waals surface area contributed by atoms with Gasteiger partial charge in [0, 0.05) is 43.2 Å². The van der Waals surface area contributed by atoms with Crippen LogP contribution in [0.25, 0.3) is 0 Å². The molecular weight excluding hydrogens is 294 g/mol. The number of nitrogens with zero attached hydrogens (tertiary/aromatic N) is 1. The lowest BCUT2D eigenvalue weighted by Gasteiger charge is -2.16. The highest BCUT2D eigenvalue weighted by Crippen LogP contribution is 2.32. The molecule has 1 aliphatic carbocycles. The van der Waals surface area contributed by atoms with Gasteiger partial charge in [0.2, 0.25) is 5.91 Å². The minimum Gasteiger partial charge on any atom is -0.497 e. The number of methoxy groups -OCH3 is 1. The Bertz CT molecular complexity index is 613. The summed E-state index contributed by atoms with van der Waals surface area (Å²) in [5, 5.41) is 5.71. The number of aryl methyl sites for hydroxylation is 1. The average molecular weight is 317 g/mol. The molecule has 0 radical (unpaired) electrons. The first-order valence-corrected chi connectivity index (χ1v) is 8.06. The summed E-state index contributed by atoms with van der Waals surface area (Å²) in [4.78, 5) is 25.9. The van der Waals surface area contributed by atoms with Crippen LogP contribution in [0.4, 0.5) is 10.5 Å². The third kappa shape index (κ3) is 3.75. The zero-order valence-corrected chi connectivity index (χ0v) is 13.6. The Kier molecular flexibility index (Phi) is 4.41. The van der Waals surface area contributed by atoms with Gasteiger partial charge in [-0.2, -0.15) is 0 Å². The minimum atomic E-state index is -0.251. The van der Waals surface area contributed by atoms with Crippen molar-refractivity contribution in [1.82, 2.24) is 10.2 Å². The molecule has 3 amide bonds. The Balaban J connectivity index is 1.49. The molecule has 3 rings (SSSR count). The third-order valence-electron chi connectivity index (χ3n) is 4.47. The van der Waals surface area contributed by atoms with Crippen molar-refractivity contribution in [2.45, 2.75) is 32.2 Å². The van der Waals surface area contributed by atoms with Crippen molar-refractivity contribution in [2.24, 2.45) is 5.92 Å². The molecule has 23 heavy (non-hydrogen) atoms. The van der Waals surface area contributed by atoms with E-state index in [-0.39, 0.29) is 17.9 Å². The first-order valence-electron chi connectivity index (χ1n) is 8.06.